The van der Waals surface area contributed by atoms with Gasteiger partial charge in [-0.25, -0.2) is 0 Å². The van der Waals surface area contributed by atoms with Crippen molar-refractivity contribution in [3.05, 3.63) is 11.3 Å². The summed E-state index contributed by atoms with van der Waals surface area (Å²) in [7, 11) is 0. The first-order valence-electron chi connectivity index (χ1n) is 7.44. The fraction of sp³-hybridized carbons (Fsp3) is 0.812. The van der Waals surface area contributed by atoms with Crippen LogP contribution in [0, 0.1) is 17.8 Å². The zero-order valence-electron chi connectivity index (χ0n) is 13.1. The van der Waals surface area contributed by atoms with Crippen molar-refractivity contribution in [2.45, 2.75) is 66.6 Å². The second-order valence-corrected chi connectivity index (χ2v) is 5.87. The summed E-state index contributed by atoms with van der Waals surface area (Å²) in [6, 6.07) is 0. The van der Waals surface area contributed by atoms with Crippen molar-refractivity contribution in [3.8, 4) is 0 Å². The van der Waals surface area contributed by atoms with E-state index in [0.717, 1.165) is 6.42 Å². The Morgan fingerprint density at radius 1 is 1.26 bits per heavy atom. The van der Waals surface area contributed by atoms with Crippen LogP contribution in [-0.2, 0) is 9.53 Å². The Hall–Kier alpha value is -0.830. The lowest BCUT2D eigenvalue weighted by Gasteiger charge is -2.37. The first-order valence-corrected chi connectivity index (χ1v) is 7.44. The molecule has 0 aromatic heterocycles. The minimum Gasteiger partial charge on any atom is -0.493 e. The van der Waals surface area contributed by atoms with Crippen LogP contribution in [0.2, 0.25) is 0 Å². The van der Waals surface area contributed by atoms with E-state index in [0.29, 0.717) is 23.7 Å². The average molecular weight is 268 g/mol. The molecule has 19 heavy (non-hydrogen) atoms. The number of ketones is 1. The van der Waals surface area contributed by atoms with Gasteiger partial charge in [0.25, 0.3) is 0 Å². The van der Waals surface area contributed by atoms with Gasteiger partial charge in [-0.15, -0.1) is 0 Å². The number of Topliss-reactive ketones (excluding diaryl/α,β-unsaturated/α-hetero) is 1. The van der Waals surface area contributed by atoms with Gasteiger partial charge in [-0.3, -0.25) is 4.79 Å². The average Bonchev–Trinajstić information content (AvgIpc) is 2.42. The highest BCUT2D eigenvalue weighted by Crippen LogP contribution is 2.35. The largest absolute Gasteiger partial charge is 0.493 e. The van der Waals surface area contributed by atoms with Crippen molar-refractivity contribution in [2.75, 3.05) is 0 Å². The third kappa shape index (κ3) is 3.19. The van der Waals surface area contributed by atoms with Crippen LogP contribution >= 0.6 is 0 Å². The molecule has 1 aliphatic rings. The summed E-state index contributed by atoms with van der Waals surface area (Å²) < 4.78 is 6.12. The zero-order chi connectivity index (χ0) is 14.7. The number of aliphatic hydroxyl groups excluding tert-OH is 1. The van der Waals surface area contributed by atoms with E-state index in [9.17, 15) is 9.90 Å². The van der Waals surface area contributed by atoms with Crippen LogP contribution in [0.25, 0.3) is 0 Å². The van der Waals surface area contributed by atoms with E-state index in [1.165, 1.54) is 0 Å². The van der Waals surface area contributed by atoms with Crippen molar-refractivity contribution in [1.29, 1.82) is 0 Å². The van der Waals surface area contributed by atoms with Gasteiger partial charge < -0.3 is 9.84 Å². The van der Waals surface area contributed by atoms with Gasteiger partial charge in [0.2, 0.25) is 0 Å². The van der Waals surface area contributed by atoms with Crippen LogP contribution in [0.4, 0.5) is 0 Å². The monoisotopic (exact) mass is 268 g/mol. The molecule has 0 aromatic rings. The van der Waals surface area contributed by atoms with E-state index in [-0.39, 0.29) is 23.7 Å². The Morgan fingerprint density at radius 2 is 1.84 bits per heavy atom. The number of hydrogen-bond acceptors (Lipinski definition) is 3. The van der Waals surface area contributed by atoms with Crippen LogP contribution in [0.1, 0.15) is 54.4 Å². The predicted octanol–water partition coefficient (Wildman–Crippen LogP) is 3.32. The molecule has 110 valence electrons. The molecule has 1 N–H and O–H groups in total. The summed E-state index contributed by atoms with van der Waals surface area (Å²) in [4.78, 5) is 12.4. The number of rotatable bonds is 5. The van der Waals surface area contributed by atoms with Crippen molar-refractivity contribution in [1.82, 2.24) is 0 Å². The number of aliphatic hydroxyl groups is 1. The summed E-state index contributed by atoms with van der Waals surface area (Å²) in [5.74, 6) is 0.996. The first-order chi connectivity index (χ1) is 8.84. The third-order valence-corrected chi connectivity index (χ3v) is 4.52. The summed E-state index contributed by atoms with van der Waals surface area (Å²) in [5, 5.41) is 10.0. The Kier molecular flexibility index (Phi) is 5.60. The Labute approximate surface area is 117 Å². The van der Waals surface area contributed by atoms with E-state index in [1.807, 2.05) is 27.7 Å². The topological polar surface area (TPSA) is 46.5 Å². The Balaban J connectivity index is 3.06. The number of allylic oxidation sites excluding steroid dienone is 1. The summed E-state index contributed by atoms with van der Waals surface area (Å²) in [6.45, 7) is 11.9. The van der Waals surface area contributed by atoms with Gasteiger partial charge in [-0.2, -0.15) is 0 Å². The van der Waals surface area contributed by atoms with E-state index in [2.05, 4.69) is 13.8 Å². The molecule has 1 rings (SSSR count). The van der Waals surface area contributed by atoms with Crippen molar-refractivity contribution in [3.63, 3.8) is 0 Å². The molecule has 0 spiro atoms. The molecule has 1 aliphatic heterocycles. The molecule has 0 aliphatic carbocycles. The lowest BCUT2D eigenvalue weighted by Crippen LogP contribution is -2.40. The second kappa shape index (κ2) is 6.56. The number of hydrogen-bond donors (Lipinski definition) is 1. The van der Waals surface area contributed by atoms with E-state index in [1.54, 1.807) is 0 Å². The molecule has 0 fully saturated rings. The fourth-order valence-corrected chi connectivity index (χ4v) is 2.77. The van der Waals surface area contributed by atoms with Crippen LogP contribution < -0.4 is 0 Å². The van der Waals surface area contributed by atoms with Gasteiger partial charge in [0.05, 0.1) is 12.0 Å². The number of ether oxygens (including phenoxy) is 1. The van der Waals surface area contributed by atoms with Crippen LogP contribution in [0.5, 0.6) is 0 Å². The number of carbonyl (C=O) groups excluding carboxylic acids is 1. The Morgan fingerprint density at radius 3 is 2.32 bits per heavy atom. The van der Waals surface area contributed by atoms with Crippen LogP contribution in [-0.4, -0.2) is 23.1 Å². The maximum atomic E-state index is 12.4. The lowest BCUT2D eigenvalue weighted by atomic mass is 9.82. The first kappa shape index (κ1) is 16.2. The Bertz CT molecular complexity index is 359. The molecule has 0 unspecified atom stereocenters. The van der Waals surface area contributed by atoms with Gasteiger partial charge >= 0.3 is 0 Å². The number of carbonyl (C=O) groups is 1. The van der Waals surface area contributed by atoms with E-state index in [4.69, 9.17) is 4.74 Å². The lowest BCUT2D eigenvalue weighted by molar-refractivity contribution is -0.128. The third-order valence-electron chi connectivity index (χ3n) is 4.52. The maximum Gasteiger partial charge on any atom is 0.168 e. The van der Waals surface area contributed by atoms with Gasteiger partial charge in [-0.1, -0.05) is 41.0 Å². The maximum absolute atomic E-state index is 12.4. The van der Waals surface area contributed by atoms with Crippen molar-refractivity contribution >= 4 is 5.78 Å². The van der Waals surface area contributed by atoms with Gasteiger partial charge in [0, 0.05) is 11.5 Å². The molecule has 0 amide bonds. The highest BCUT2D eigenvalue weighted by Gasteiger charge is 2.38. The molecule has 5 atom stereocenters. The highest BCUT2D eigenvalue weighted by molar-refractivity contribution is 5.98. The molecule has 0 saturated heterocycles. The molecule has 1 heterocycles. The summed E-state index contributed by atoms with van der Waals surface area (Å²) >= 11 is 0. The summed E-state index contributed by atoms with van der Waals surface area (Å²) in [6.07, 6.45) is 1.13. The van der Waals surface area contributed by atoms with Crippen LogP contribution in [0.3, 0.4) is 0 Å². The SMILES string of the molecule is CC[C@H](C)[C@H]1OC([C@@H](C)[C@@H](O)CC)=C(C)C(=O)[C@@H]1C. The van der Waals surface area contributed by atoms with E-state index < -0.39 is 6.10 Å². The highest BCUT2D eigenvalue weighted by atomic mass is 16.5. The molecular weight excluding hydrogens is 240 g/mol. The minimum absolute atomic E-state index is 0.0669. The molecular formula is C16H28O3. The molecule has 0 aromatic carbocycles. The minimum atomic E-state index is -0.455. The molecule has 3 nitrogen and oxygen atoms in total. The molecule has 0 saturated carbocycles. The molecule has 0 bridgehead atoms. The van der Waals surface area contributed by atoms with Crippen LogP contribution in [0.15, 0.2) is 11.3 Å². The smallest absolute Gasteiger partial charge is 0.168 e. The standard InChI is InChI=1S/C16H28O3/c1-7-9(3)15-11(5)14(18)12(6)16(19-15)10(4)13(17)8-2/h9-11,13,15,17H,7-8H2,1-6H3/t9-,10-,11-,13-,15+/m0/s1. The summed E-state index contributed by atoms with van der Waals surface area (Å²) in [5.41, 5.74) is 0.687. The predicted molar refractivity (Wildman–Crippen MR) is 76.7 cm³/mol. The van der Waals surface area contributed by atoms with Gasteiger partial charge in [-0.05, 0) is 19.3 Å². The van der Waals surface area contributed by atoms with Gasteiger partial charge in [0.1, 0.15) is 11.9 Å². The van der Waals surface area contributed by atoms with Crippen molar-refractivity contribution in [2.24, 2.45) is 17.8 Å². The molecule has 0 radical (unpaired) electrons. The second-order valence-electron chi connectivity index (χ2n) is 5.87. The molecule has 3 heteroatoms. The normalized spacial score (nSPS) is 28.9. The van der Waals surface area contributed by atoms with Crippen molar-refractivity contribution < 1.29 is 14.6 Å². The van der Waals surface area contributed by atoms with E-state index >= 15 is 0 Å². The fourth-order valence-electron chi connectivity index (χ4n) is 2.77. The quantitative estimate of drug-likeness (QED) is 0.832. The zero-order valence-corrected chi connectivity index (χ0v) is 13.1. The van der Waals surface area contributed by atoms with Gasteiger partial charge in [0.15, 0.2) is 5.78 Å².